The summed E-state index contributed by atoms with van der Waals surface area (Å²) >= 11 is 5.42. The number of hydrogen-bond acceptors (Lipinski definition) is 3. The lowest BCUT2D eigenvalue weighted by Gasteiger charge is -2.47. The van der Waals surface area contributed by atoms with Gasteiger partial charge in [0, 0.05) is 20.8 Å². The fraction of sp³-hybridized carbons (Fsp3) is 0.765. The molecule has 1 spiro atoms. The molecule has 4 heteroatoms. The fourth-order valence-corrected chi connectivity index (χ4v) is 6.03. The van der Waals surface area contributed by atoms with Crippen LogP contribution in [0.25, 0.3) is 0 Å². The van der Waals surface area contributed by atoms with Gasteiger partial charge in [0.15, 0.2) is 0 Å². The summed E-state index contributed by atoms with van der Waals surface area (Å²) in [6, 6.07) is 2.84. The predicted octanol–water partition coefficient (Wildman–Crippen LogP) is 4.95. The van der Waals surface area contributed by atoms with Gasteiger partial charge < -0.3 is 5.73 Å². The second-order valence-electron chi connectivity index (χ2n) is 7.07. The van der Waals surface area contributed by atoms with Crippen LogP contribution >= 0.6 is 27.3 Å². The first-order valence-corrected chi connectivity index (χ1v) is 10.0. The monoisotopic (exact) mass is 370 g/mol. The highest BCUT2D eigenvalue weighted by atomic mass is 79.9. The van der Waals surface area contributed by atoms with Gasteiger partial charge in [0.1, 0.15) is 0 Å². The molecule has 0 radical (unpaired) electrons. The van der Waals surface area contributed by atoms with E-state index in [-0.39, 0.29) is 6.04 Å². The van der Waals surface area contributed by atoms with Crippen LogP contribution < -0.4 is 5.73 Å². The van der Waals surface area contributed by atoms with Crippen LogP contribution in [0.1, 0.15) is 62.8 Å². The van der Waals surface area contributed by atoms with Crippen molar-refractivity contribution < 1.29 is 0 Å². The molecule has 3 rings (SSSR count). The van der Waals surface area contributed by atoms with Gasteiger partial charge in [-0.3, -0.25) is 4.90 Å². The number of nitrogens with two attached hydrogens (primary N) is 1. The molecule has 1 aliphatic carbocycles. The van der Waals surface area contributed by atoms with E-state index in [0.717, 1.165) is 0 Å². The molecule has 0 bridgehead atoms. The van der Waals surface area contributed by atoms with Crippen LogP contribution in [0.5, 0.6) is 0 Å². The highest BCUT2D eigenvalue weighted by Crippen LogP contribution is 2.46. The zero-order valence-electron chi connectivity index (χ0n) is 13.0. The Labute approximate surface area is 141 Å². The topological polar surface area (TPSA) is 29.3 Å². The predicted molar refractivity (Wildman–Crippen MR) is 94.7 cm³/mol. The van der Waals surface area contributed by atoms with E-state index < -0.39 is 0 Å². The minimum Gasteiger partial charge on any atom is -0.326 e. The zero-order chi connectivity index (χ0) is 14.9. The Morgan fingerprint density at radius 2 is 1.86 bits per heavy atom. The van der Waals surface area contributed by atoms with E-state index in [4.69, 9.17) is 5.73 Å². The molecule has 1 saturated heterocycles. The van der Waals surface area contributed by atoms with Gasteiger partial charge in [0.25, 0.3) is 0 Å². The molecule has 21 heavy (non-hydrogen) atoms. The SMILES string of the molecule is CC(N)C(c1cc(Br)cs1)N1CCC2(CCCCC2)CC1. The molecule has 1 aromatic rings. The molecule has 1 aliphatic heterocycles. The maximum absolute atomic E-state index is 6.33. The molecule has 2 fully saturated rings. The molecule has 1 aromatic heterocycles. The van der Waals surface area contributed by atoms with E-state index in [9.17, 15) is 0 Å². The Balaban J connectivity index is 1.68. The summed E-state index contributed by atoms with van der Waals surface area (Å²) in [5.74, 6) is 0. The minimum absolute atomic E-state index is 0.191. The summed E-state index contributed by atoms with van der Waals surface area (Å²) in [5.41, 5.74) is 7.00. The van der Waals surface area contributed by atoms with Crippen molar-refractivity contribution in [2.45, 2.75) is 64.0 Å². The van der Waals surface area contributed by atoms with E-state index in [1.165, 1.54) is 67.4 Å². The smallest absolute Gasteiger partial charge is 0.0591 e. The Bertz CT molecular complexity index is 455. The van der Waals surface area contributed by atoms with Crippen molar-refractivity contribution in [3.05, 3.63) is 20.8 Å². The molecule has 0 aromatic carbocycles. The van der Waals surface area contributed by atoms with Gasteiger partial charge in [-0.2, -0.15) is 0 Å². The van der Waals surface area contributed by atoms with Crippen LogP contribution in [0.2, 0.25) is 0 Å². The van der Waals surface area contributed by atoms with Crippen molar-refractivity contribution in [1.29, 1.82) is 0 Å². The summed E-state index contributed by atoms with van der Waals surface area (Å²) in [5, 5.41) is 2.18. The number of piperidine rings is 1. The molecular formula is C17H27BrN2S. The molecule has 2 atom stereocenters. The summed E-state index contributed by atoms with van der Waals surface area (Å²) in [7, 11) is 0. The van der Waals surface area contributed by atoms with Crippen LogP contribution in [-0.4, -0.2) is 24.0 Å². The molecule has 1 saturated carbocycles. The molecule has 2 heterocycles. The lowest BCUT2D eigenvalue weighted by Crippen LogP contribution is -2.46. The first-order valence-electron chi connectivity index (χ1n) is 8.33. The highest BCUT2D eigenvalue weighted by molar-refractivity contribution is 9.10. The fourth-order valence-electron chi connectivity index (χ4n) is 4.33. The quantitative estimate of drug-likeness (QED) is 0.815. The molecule has 2 unspecified atom stereocenters. The van der Waals surface area contributed by atoms with Crippen LogP contribution in [0, 0.1) is 5.41 Å². The maximum atomic E-state index is 6.33. The lowest BCUT2D eigenvalue weighted by atomic mass is 9.68. The first kappa shape index (κ1) is 16.0. The van der Waals surface area contributed by atoms with Gasteiger partial charge in [0.2, 0.25) is 0 Å². The number of rotatable bonds is 3. The second kappa shape index (κ2) is 6.69. The summed E-state index contributed by atoms with van der Waals surface area (Å²) in [4.78, 5) is 4.06. The number of nitrogens with zero attached hydrogens (tertiary/aromatic N) is 1. The van der Waals surface area contributed by atoms with E-state index in [1.807, 2.05) is 11.3 Å². The highest BCUT2D eigenvalue weighted by Gasteiger charge is 2.38. The number of hydrogen-bond donors (Lipinski definition) is 1. The van der Waals surface area contributed by atoms with Gasteiger partial charge in [-0.25, -0.2) is 0 Å². The van der Waals surface area contributed by atoms with Crippen molar-refractivity contribution in [3.8, 4) is 0 Å². The van der Waals surface area contributed by atoms with Crippen molar-refractivity contribution in [1.82, 2.24) is 4.90 Å². The van der Waals surface area contributed by atoms with E-state index in [0.29, 0.717) is 11.5 Å². The van der Waals surface area contributed by atoms with Crippen LogP contribution in [0.4, 0.5) is 0 Å². The van der Waals surface area contributed by atoms with Gasteiger partial charge in [0.05, 0.1) is 6.04 Å². The zero-order valence-corrected chi connectivity index (χ0v) is 15.4. The minimum atomic E-state index is 0.191. The van der Waals surface area contributed by atoms with E-state index in [1.54, 1.807) is 0 Å². The second-order valence-corrected chi connectivity index (χ2v) is 8.93. The maximum Gasteiger partial charge on any atom is 0.0591 e. The average molecular weight is 371 g/mol. The Morgan fingerprint density at radius 1 is 1.19 bits per heavy atom. The molecule has 2 N–H and O–H groups in total. The average Bonchev–Trinajstić information content (AvgIpc) is 2.88. The van der Waals surface area contributed by atoms with Gasteiger partial charge in [-0.05, 0) is 73.1 Å². The van der Waals surface area contributed by atoms with Crippen molar-refractivity contribution >= 4 is 27.3 Å². The molecular weight excluding hydrogens is 344 g/mol. The van der Waals surface area contributed by atoms with Crippen LogP contribution in [-0.2, 0) is 0 Å². The van der Waals surface area contributed by atoms with Crippen LogP contribution in [0.15, 0.2) is 15.9 Å². The Morgan fingerprint density at radius 3 is 2.38 bits per heavy atom. The standard InChI is InChI=1S/C17H27BrN2S/c1-13(19)16(15-11-14(18)12-21-15)20-9-7-17(8-10-20)5-3-2-4-6-17/h11-13,16H,2-10,19H2,1H3. The third kappa shape index (κ3) is 3.54. The summed E-state index contributed by atoms with van der Waals surface area (Å²) < 4.78 is 1.19. The molecule has 0 amide bonds. The third-order valence-corrected chi connectivity index (χ3v) is 7.31. The van der Waals surface area contributed by atoms with Gasteiger partial charge in [-0.15, -0.1) is 11.3 Å². The van der Waals surface area contributed by atoms with Crippen LogP contribution in [0.3, 0.4) is 0 Å². The summed E-state index contributed by atoms with van der Waals surface area (Å²) in [6.07, 6.45) is 10.0. The molecule has 2 aliphatic rings. The number of likely N-dealkylation sites (tertiary alicyclic amines) is 1. The Hall–Kier alpha value is 0.1000. The van der Waals surface area contributed by atoms with E-state index >= 15 is 0 Å². The molecule has 118 valence electrons. The first-order chi connectivity index (χ1) is 10.1. The van der Waals surface area contributed by atoms with E-state index in [2.05, 4.69) is 39.2 Å². The normalized spacial score (nSPS) is 25.9. The number of halogens is 1. The van der Waals surface area contributed by atoms with Crippen molar-refractivity contribution in [3.63, 3.8) is 0 Å². The van der Waals surface area contributed by atoms with Crippen molar-refractivity contribution in [2.75, 3.05) is 13.1 Å². The largest absolute Gasteiger partial charge is 0.326 e. The summed E-state index contributed by atoms with van der Waals surface area (Å²) in [6.45, 7) is 4.60. The van der Waals surface area contributed by atoms with Gasteiger partial charge >= 0.3 is 0 Å². The third-order valence-electron chi connectivity index (χ3n) is 5.54. The molecule has 2 nitrogen and oxygen atoms in total. The van der Waals surface area contributed by atoms with Crippen molar-refractivity contribution in [2.24, 2.45) is 11.1 Å². The lowest BCUT2D eigenvalue weighted by molar-refractivity contribution is 0.0401. The van der Waals surface area contributed by atoms with Gasteiger partial charge in [-0.1, -0.05) is 19.3 Å². The Kier molecular flexibility index (Phi) is 5.09. The number of thiophene rings is 1.